The number of nitrogens with one attached hydrogen (secondary N) is 1. The van der Waals surface area contributed by atoms with Crippen LogP contribution >= 0.6 is 0 Å². The summed E-state index contributed by atoms with van der Waals surface area (Å²) in [6.07, 6.45) is 0. The molecule has 0 aliphatic carbocycles. The van der Waals surface area contributed by atoms with Gasteiger partial charge in [-0.05, 0) is 23.1 Å². The molecule has 0 aliphatic heterocycles. The summed E-state index contributed by atoms with van der Waals surface area (Å²) >= 11 is 0. The van der Waals surface area contributed by atoms with Crippen molar-refractivity contribution in [3.63, 3.8) is 0 Å². The van der Waals surface area contributed by atoms with Gasteiger partial charge in [-0.1, -0.05) is 62.4 Å². The molecule has 110 valence electrons. The van der Waals surface area contributed by atoms with E-state index in [9.17, 15) is 4.79 Å². The Bertz CT molecular complexity index is 593. The Labute approximate surface area is 126 Å². The highest BCUT2D eigenvalue weighted by atomic mass is 16.1. The van der Waals surface area contributed by atoms with E-state index >= 15 is 0 Å². The molecule has 1 atom stereocenters. The van der Waals surface area contributed by atoms with Crippen LogP contribution in [0.2, 0.25) is 0 Å². The van der Waals surface area contributed by atoms with Gasteiger partial charge in [-0.2, -0.15) is 0 Å². The molecule has 2 rings (SSSR count). The Hall–Kier alpha value is -2.13. The van der Waals surface area contributed by atoms with Crippen molar-refractivity contribution in [1.82, 2.24) is 0 Å². The SMILES string of the molecule is CC(C)c1ccccc1NC(=O)C(CN)c1ccccc1. The molecule has 0 spiro atoms. The fraction of sp³-hybridized carbons (Fsp3) is 0.278. The number of para-hydroxylation sites is 1. The molecule has 0 aromatic heterocycles. The average Bonchev–Trinajstić information content (AvgIpc) is 2.49. The van der Waals surface area contributed by atoms with E-state index in [1.165, 1.54) is 0 Å². The number of carbonyl (C=O) groups is 1. The number of rotatable bonds is 5. The molecular weight excluding hydrogens is 260 g/mol. The van der Waals surface area contributed by atoms with Crippen molar-refractivity contribution >= 4 is 11.6 Å². The van der Waals surface area contributed by atoms with Gasteiger partial charge in [0.25, 0.3) is 0 Å². The molecule has 0 heterocycles. The molecule has 3 nitrogen and oxygen atoms in total. The van der Waals surface area contributed by atoms with E-state index in [0.717, 1.165) is 16.8 Å². The van der Waals surface area contributed by atoms with Crippen LogP contribution in [0.15, 0.2) is 54.6 Å². The second kappa shape index (κ2) is 7.04. The first kappa shape index (κ1) is 15.3. The molecule has 0 aliphatic rings. The molecule has 0 saturated carbocycles. The fourth-order valence-electron chi connectivity index (χ4n) is 2.41. The van der Waals surface area contributed by atoms with E-state index in [1.807, 2.05) is 54.6 Å². The Morgan fingerprint density at radius 1 is 1.05 bits per heavy atom. The zero-order valence-electron chi connectivity index (χ0n) is 12.5. The molecular formula is C18H22N2O. The Kier molecular flexibility index (Phi) is 5.12. The lowest BCUT2D eigenvalue weighted by molar-refractivity contribution is -0.117. The Morgan fingerprint density at radius 3 is 2.29 bits per heavy atom. The van der Waals surface area contributed by atoms with Gasteiger partial charge in [0.15, 0.2) is 0 Å². The summed E-state index contributed by atoms with van der Waals surface area (Å²) in [6, 6.07) is 17.6. The molecule has 3 N–H and O–H groups in total. The standard InChI is InChI=1S/C18H22N2O/c1-13(2)15-10-6-7-11-17(15)20-18(21)16(12-19)14-8-4-3-5-9-14/h3-11,13,16H,12,19H2,1-2H3,(H,20,21). The van der Waals surface area contributed by atoms with Gasteiger partial charge in [-0.25, -0.2) is 0 Å². The molecule has 2 aromatic carbocycles. The second-order valence-electron chi connectivity index (χ2n) is 5.43. The van der Waals surface area contributed by atoms with Gasteiger partial charge in [0.1, 0.15) is 0 Å². The van der Waals surface area contributed by atoms with Crippen molar-refractivity contribution < 1.29 is 4.79 Å². The number of nitrogens with two attached hydrogens (primary N) is 1. The van der Waals surface area contributed by atoms with E-state index in [1.54, 1.807) is 0 Å². The van der Waals surface area contributed by atoms with Crippen LogP contribution in [0.25, 0.3) is 0 Å². The van der Waals surface area contributed by atoms with Crippen LogP contribution in [0.3, 0.4) is 0 Å². The fourth-order valence-corrected chi connectivity index (χ4v) is 2.41. The predicted octanol–water partition coefficient (Wildman–Crippen LogP) is 3.49. The Morgan fingerprint density at radius 2 is 1.67 bits per heavy atom. The first-order valence-electron chi connectivity index (χ1n) is 7.28. The lowest BCUT2D eigenvalue weighted by Crippen LogP contribution is -2.27. The molecule has 1 unspecified atom stereocenters. The molecule has 2 aromatic rings. The van der Waals surface area contributed by atoms with Gasteiger partial charge in [-0.3, -0.25) is 4.79 Å². The van der Waals surface area contributed by atoms with Crippen molar-refractivity contribution in [3.8, 4) is 0 Å². The van der Waals surface area contributed by atoms with E-state index in [2.05, 4.69) is 19.2 Å². The van der Waals surface area contributed by atoms with Crippen molar-refractivity contribution in [1.29, 1.82) is 0 Å². The van der Waals surface area contributed by atoms with Crippen LogP contribution in [0, 0.1) is 0 Å². The van der Waals surface area contributed by atoms with Gasteiger partial charge in [0.2, 0.25) is 5.91 Å². The zero-order valence-corrected chi connectivity index (χ0v) is 12.5. The molecule has 0 bridgehead atoms. The number of amides is 1. The van der Waals surface area contributed by atoms with Gasteiger partial charge in [0.05, 0.1) is 5.92 Å². The van der Waals surface area contributed by atoms with E-state index in [-0.39, 0.29) is 11.8 Å². The molecule has 1 amide bonds. The third kappa shape index (κ3) is 3.70. The highest BCUT2D eigenvalue weighted by Crippen LogP contribution is 2.25. The monoisotopic (exact) mass is 282 g/mol. The molecule has 0 saturated heterocycles. The highest BCUT2D eigenvalue weighted by Gasteiger charge is 2.20. The van der Waals surface area contributed by atoms with Crippen LogP contribution in [-0.4, -0.2) is 12.5 Å². The minimum atomic E-state index is -0.327. The molecule has 21 heavy (non-hydrogen) atoms. The predicted molar refractivity (Wildman–Crippen MR) is 87.4 cm³/mol. The van der Waals surface area contributed by atoms with Gasteiger partial charge in [-0.15, -0.1) is 0 Å². The maximum absolute atomic E-state index is 12.5. The number of hydrogen-bond donors (Lipinski definition) is 2. The summed E-state index contributed by atoms with van der Waals surface area (Å²) in [6.45, 7) is 4.52. The number of benzene rings is 2. The van der Waals surface area contributed by atoms with Crippen molar-refractivity contribution in [3.05, 3.63) is 65.7 Å². The van der Waals surface area contributed by atoms with Crippen LogP contribution in [0.1, 0.15) is 36.8 Å². The van der Waals surface area contributed by atoms with Crippen LogP contribution in [-0.2, 0) is 4.79 Å². The molecule has 0 radical (unpaired) electrons. The maximum atomic E-state index is 12.5. The number of hydrogen-bond acceptors (Lipinski definition) is 2. The quantitative estimate of drug-likeness (QED) is 0.882. The Balaban J connectivity index is 2.21. The van der Waals surface area contributed by atoms with Crippen molar-refractivity contribution in [2.75, 3.05) is 11.9 Å². The minimum absolute atomic E-state index is 0.0585. The summed E-state index contributed by atoms with van der Waals surface area (Å²) in [5.74, 6) is -0.0298. The number of carbonyl (C=O) groups excluding carboxylic acids is 1. The zero-order chi connectivity index (χ0) is 15.2. The molecule has 0 fully saturated rings. The maximum Gasteiger partial charge on any atom is 0.233 e. The van der Waals surface area contributed by atoms with Crippen molar-refractivity contribution in [2.45, 2.75) is 25.7 Å². The first-order valence-corrected chi connectivity index (χ1v) is 7.28. The van der Waals surface area contributed by atoms with E-state index < -0.39 is 0 Å². The number of anilines is 1. The van der Waals surface area contributed by atoms with Crippen molar-refractivity contribution in [2.24, 2.45) is 5.73 Å². The first-order chi connectivity index (χ1) is 10.1. The molecule has 3 heteroatoms. The minimum Gasteiger partial charge on any atom is -0.329 e. The summed E-state index contributed by atoms with van der Waals surface area (Å²) in [5, 5.41) is 3.02. The van der Waals surface area contributed by atoms with Crippen LogP contribution in [0.5, 0.6) is 0 Å². The summed E-state index contributed by atoms with van der Waals surface area (Å²) in [4.78, 5) is 12.5. The van der Waals surface area contributed by atoms with Crippen LogP contribution < -0.4 is 11.1 Å². The largest absolute Gasteiger partial charge is 0.329 e. The lowest BCUT2D eigenvalue weighted by atomic mass is 9.97. The summed E-state index contributed by atoms with van der Waals surface area (Å²) in [7, 11) is 0. The lowest BCUT2D eigenvalue weighted by Gasteiger charge is -2.18. The van der Waals surface area contributed by atoms with E-state index in [4.69, 9.17) is 5.73 Å². The van der Waals surface area contributed by atoms with Gasteiger partial charge >= 0.3 is 0 Å². The van der Waals surface area contributed by atoms with Gasteiger partial charge in [0, 0.05) is 12.2 Å². The van der Waals surface area contributed by atoms with Gasteiger partial charge < -0.3 is 11.1 Å². The smallest absolute Gasteiger partial charge is 0.233 e. The normalized spacial score (nSPS) is 12.2. The third-order valence-electron chi connectivity index (χ3n) is 3.59. The van der Waals surface area contributed by atoms with E-state index in [0.29, 0.717) is 12.5 Å². The summed E-state index contributed by atoms with van der Waals surface area (Å²) < 4.78 is 0. The third-order valence-corrected chi connectivity index (χ3v) is 3.59. The van der Waals surface area contributed by atoms with Crippen LogP contribution in [0.4, 0.5) is 5.69 Å². The summed E-state index contributed by atoms with van der Waals surface area (Å²) in [5.41, 5.74) is 8.74. The average molecular weight is 282 g/mol. The highest BCUT2D eigenvalue weighted by molar-refractivity contribution is 5.96. The topological polar surface area (TPSA) is 55.1 Å². The second-order valence-corrected chi connectivity index (χ2v) is 5.43.